The Balaban J connectivity index is 2.48. The van der Waals surface area contributed by atoms with Gasteiger partial charge in [-0.2, -0.15) is 0 Å². The zero-order valence-corrected chi connectivity index (χ0v) is 13.6. The van der Waals surface area contributed by atoms with Crippen molar-refractivity contribution in [3.8, 4) is 0 Å². The van der Waals surface area contributed by atoms with Crippen molar-refractivity contribution in [1.29, 1.82) is 0 Å². The maximum absolute atomic E-state index is 6.12. The first kappa shape index (κ1) is 15.5. The highest BCUT2D eigenvalue weighted by Gasteiger charge is 2.31. The van der Waals surface area contributed by atoms with E-state index in [-0.39, 0.29) is 0 Å². The third-order valence-electron chi connectivity index (χ3n) is 4.85. The van der Waals surface area contributed by atoms with Gasteiger partial charge in [-0.3, -0.25) is 4.90 Å². The smallest absolute Gasteiger partial charge is 0.0393 e. The van der Waals surface area contributed by atoms with Crippen LogP contribution in [0.3, 0.4) is 0 Å². The van der Waals surface area contributed by atoms with Crippen LogP contribution in [0.25, 0.3) is 0 Å². The Kier molecular flexibility index (Phi) is 5.22. The lowest BCUT2D eigenvalue weighted by Gasteiger charge is -2.36. The van der Waals surface area contributed by atoms with Crippen LogP contribution < -0.4 is 5.73 Å². The number of hydrogen-bond acceptors (Lipinski definition) is 2. The summed E-state index contributed by atoms with van der Waals surface area (Å²) in [5.74, 6) is 0.595. The highest BCUT2D eigenvalue weighted by molar-refractivity contribution is 5.40. The summed E-state index contributed by atoms with van der Waals surface area (Å²) in [7, 11) is 0. The van der Waals surface area contributed by atoms with Crippen molar-refractivity contribution in [2.75, 3.05) is 19.6 Å². The minimum atomic E-state index is 0.507. The first-order chi connectivity index (χ1) is 9.58. The Bertz CT molecular complexity index is 416. The molecule has 2 rings (SSSR count). The first-order valence-electron chi connectivity index (χ1n) is 8.10. The van der Waals surface area contributed by atoms with E-state index in [9.17, 15) is 0 Å². The molecule has 1 aromatic rings. The summed E-state index contributed by atoms with van der Waals surface area (Å²) < 4.78 is 0. The molecule has 1 aliphatic rings. The van der Waals surface area contributed by atoms with E-state index in [1.54, 1.807) is 0 Å². The molecule has 2 N–H and O–H groups in total. The maximum Gasteiger partial charge on any atom is 0.0393 e. The fraction of sp³-hybridized carbons (Fsp3) is 0.667. The van der Waals surface area contributed by atoms with Crippen molar-refractivity contribution >= 4 is 0 Å². The monoisotopic (exact) mass is 274 g/mol. The number of likely N-dealkylation sites (tertiary alicyclic amines) is 1. The molecule has 1 aliphatic heterocycles. The first-order valence-corrected chi connectivity index (χ1v) is 8.10. The molecule has 0 saturated carbocycles. The molecular formula is C18H30N2. The lowest BCUT2D eigenvalue weighted by molar-refractivity contribution is 0.165. The minimum Gasteiger partial charge on any atom is -0.330 e. The Morgan fingerprint density at radius 1 is 1.15 bits per heavy atom. The second-order valence-corrected chi connectivity index (χ2v) is 6.38. The second-order valence-electron chi connectivity index (χ2n) is 6.38. The van der Waals surface area contributed by atoms with Crippen LogP contribution in [0, 0.1) is 26.7 Å². The van der Waals surface area contributed by atoms with E-state index < -0.39 is 0 Å². The van der Waals surface area contributed by atoms with Crippen LogP contribution in [0.5, 0.6) is 0 Å². The number of aryl methyl sites for hydroxylation is 3. The van der Waals surface area contributed by atoms with Crippen LogP contribution in [-0.4, -0.2) is 24.5 Å². The summed E-state index contributed by atoms with van der Waals surface area (Å²) in [6, 6.07) is 5.16. The predicted octanol–water partition coefficient (Wildman–Crippen LogP) is 3.73. The molecule has 0 aromatic heterocycles. The van der Waals surface area contributed by atoms with Gasteiger partial charge in [0.05, 0.1) is 0 Å². The van der Waals surface area contributed by atoms with Crippen LogP contribution in [-0.2, 0) is 0 Å². The summed E-state index contributed by atoms with van der Waals surface area (Å²) in [5.41, 5.74) is 11.9. The molecule has 20 heavy (non-hydrogen) atoms. The average Bonchev–Trinajstić information content (AvgIpc) is 2.59. The van der Waals surface area contributed by atoms with Gasteiger partial charge in [0.15, 0.2) is 0 Å². The van der Waals surface area contributed by atoms with E-state index >= 15 is 0 Å². The molecule has 0 spiro atoms. The SMILES string of the molecule is CCN1CCCCC(CN)C1c1c(C)cc(C)cc1C. The molecule has 2 atom stereocenters. The third kappa shape index (κ3) is 3.07. The summed E-state index contributed by atoms with van der Waals surface area (Å²) in [5, 5.41) is 0. The lowest BCUT2D eigenvalue weighted by Crippen LogP contribution is -2.36. The number of benzene rings is 1. The zero-order chi connectivity index (χ0) is 14.7. The van der Waals surface area contributed by atoms with Crippen LogP contribution in [0.1, 0.15) is 54.5 Å². The van der Waals surface area contributed by atoms with Gasteiger partial charge in [0.25, 0.3) is 0 Å². The third-order valence-corrected chi connectivity index (χ3v) is 4.85. The predicted molar refractivity (Wildman–Crippen MR) is 87.0 cm³/mol. The molecular weight excluding hydrogens is 244 g/mol. The summed E-state index contributed by atoms with van der Waals surface area (Å²) in [6.45, 7) is 12.1. The Hall–Kier alpha value is -0.860. The van der Waals surface area contributed by atoms with E-state index in [0.29, 0.717) is 12.0 Å². The van der Waals surface area contributed by atoms with E-state index in [2.05, 4.69) is 44.7 Å². The molecule has 2 nitrogen and oxygen atoms in total. The van der Waals surface area contributed by atoms with Crippen LogP contribution >= 0.6 is 0 Å². The Morgan fingerprint density at radius 2 is 1.80 bits per heavy atom. The topological polar surface area (TPSA) is 29.3 Å². The quantitative estimate of drug-likeness (QED) is 0.910. The second kappa shape index (κ2) is 6.73. The van der Waals surface area contributed by atoms with Crippen molar-refractivity contribution in [1.82, 2.24) is 4.90 Å². The molecule has 0 bridgehead atoms. The van der Waals surface area contributed by atoms with Gasteiger partial charge < -0.3 is 5.73 Å². The van der Waals surface area contributed by atoms with Crippen LogP contribution in [0.15, 0.2) is 12.1 Å². The number of nitrogens with two attached hydrogens (primary N) is 1. The molecule has 2 unspecified atom stereocenters. The lowest BCUT2D eigenvalue weighted by atomic mass is 9.84. The van der Waals surface area contributed by atoms with Crippen LogP contribution in [0.4, 0.5) is 0 Å². The van der Waals surface area contributed by atoms with Crippen molar-refractivity contribution in [2.45, 2.75) is 53.0 Å². The molecule has 1 saturated heterocycles. The zero-order valence-electron chi connectivity index (χ0n) is 13.6. The normalized spacial score (nSPS) is 24.6. The van der Waals surface area contributed by atoms with Crippen molar-refractivity contribution in [2.24, 2.45) is 11.7 Å². The van der Waals surface area contributed by atoms with E-state index in [4.69, 9.17) is 5.73 Å². The molecule has 0 amide bonds. The molecule has 0 aliphatic carbocycles. The van der Waals surface area contributed by atoms with Gasteiger partial charge in [-0.15, -0.1) is 0 Å². The molecule has 0 radical (unpaired) electrons. The number of rotatable bonds is 3. The van der Waals surface area contributed by atoms with Gasteiger partial charge in [0.1, 0.15) is 0 Å². The molecule has 1 fully saturated rings. The highest BCUT2D eigenvalue weighted by atomic mass is 15.2. The molecule has 112 valence electrons. The molecule has 2 heteroatoms. The van der Waals surface area contributed by atoms with E-state index in [1.165, 1.54) is 48.1 Å². The van der Waals surface area contributed by atoms with Gasteiger partial charge in [-0.1, -0.05) is 31.0 Å². The van der Waals surface area contributed by atoms with Crippen LogP contribution in [0.2, 0.25) is 0 Å². The van der Waals surface area contributed by atoms with Gasteiger partial charge in [-0.05, 0) is 75.9 Å². The van der Waals surface area contributed by atoms with Gasteiger partial charge in [0.2, 0.25) is 0 Å². The van der Waals surface area contributed by atoms with Crippen molar-refractivity contribution in [3.63, 3.8) is 0 Å². The largest absolute Gasteiger partial charge is 0.330 e. The van der Waals surface area contributed by atoms with Gasteiger partial charge in [0, 0.05) is 6.04 Å². The summed E-state index contributed by atoms with van der Waals surface area (Å²) >= 11 is 0. The van der Waals surface area contributed by atoms with E-state index in [1.807, 2.05) is 0 Å². The fourth-order valence-corrected chi connectivity index (χ4v) is 3.99. The number of hydrogen-bond donors (Lipinski definition) is 1. The Morgan fingerprint density at radius 3 is 2.35 bits per heavy atom. The standard InChI is InChI=1S/C18H30N2/c1-5-20-9-7-6-8-16(12-19)18(20)17-14(3)10-13(2)11-15(17)4/h10-11,16,18H,5-9,12,19H2,1-4H3. The average molecular weight is 274 g/mol. The minimum absolute atomic E-state index is 0.507. The highest BCUT2D eigenvalue weighted by Crippen LogP contribution is 2.37. The van der Waals surface area contributed by atoms with E-state index in [0.717, 1.165) is 13.1 Å². The van der Waals surface area contributed by atoms with Crippen molar-refractivity contribution < 1.29 is 0 Å². The summed E-state index contributed by atoms with van der Waals surface area (Å²) in [6.07, 6.45) is 3.90. The summed E-state index contributed by atoms with van der Waals surface area (Å²) in [4.78, 5) is 2.65. The van der Waals surface area contributed by atoms with Crippen molar-refractivity contribution in [3.05, 3.63) is 34.4 Å². The van der Waals surface area contributed by atoms with Gasteiger partial charge in [-0.25, -0.2) is 0 Å². The Labute approximate surface area is 124 Å². The van der Waals surface area contributed by atoms with Gasteiger partial charge >= 0.3 is 0 Å². The fourth-order valence-electron chi connectivity index (χ4n) is 3.99. The maximum atomic E-state index is 6.12. The number of nitrogens with zero attached hydrogens (tertiary/aromatic N) is 1. The molecule has 1 heterocycles. The molecule has 1 aromatic carbocycles.